The van der Waals surface area contributed by atoms with Crippen molar-refractivity contribution in [1.82, 2.24) is 10.2 Å². The number of methoxy groups -OCH3 is 1. The van der Waals surface area contributed by atoms with Gasteiger partial charge in [-0.25, -0.2) is 9.59 Å². The van der Waals surface area contributed by atoms with Crippen molar-refractivity contribution in [3.05, 3.63) is 46.2 Å². The Balaban J connectivity index is 1.68. The second kappa shape index (κ2) is 9.90. The van der Waals surface area contributed by atoms with Gasteiger partial charge >= 0.3 is 18.2 Å². The van der Waals surface area contributed by atoms with Gasteiger partial charge in [0.1, 0.15) is 10.9 Å². The first-order valence-corrected chi connectivity index (χ1v) is 10.5. The molecule has 2 aromatic rings. The number of rotatable bonds is 5. The normalized spacial score (nSPS) is 16.1. The summed E-state index contributed by atoms with van der Waals surface area (Å²) in [7, 11) is 1.20. The average molecular weight is 484 g/mol. The predicted molar refractivity (Wildman–Crippen MR) is 113 cm³/mol. The van der Waals surface area contributed by atoms with E-state index in [1.165, 1.54) is 13.2 Å². The molecule has 176 valence electrons. The third kappa shape index (κ3) is 5.80. The highest BCUT2D eigenvalue weighted by Gasteiger charge is 2.35. The van der Waals surface area contributed by atoms with Crippen LogP contribution in [0.2, 0.25) is 0 Å². The van der Waals surface area contributed by atoms with E-state index in [-0.39, 0.29) is 29.3 Å². The number of esters is 1. The summed E-state index contributed by atoms with van der Waals surface area (Å²) in [6.45, 7) is 0.233. The zero-order valence-corrected chi connectivity index (χ0v) is 18.0. The molecule has 1 saturated heterocycles. The van der Waals surface area contributed by atoms with Gasteiger partial charge in [0.05, 0.1) is 24.8 Å². The number of thiophene rings is 1. The standard InChI is InChI=1S/C20H19F3N4O5S/c1-32-18(30)16-13(6-9-33-16)26-15(28)10-14-17(29)24-7-8-27(14)19(31)25-12-4-2-11(3-5-12)20(21,22)23/h2-6,9,14H,7-8,10H2,1H3,(H,24,29)(H,25,31)(H,26,28)/t14-/m1/s1. The molecule has 0 aliphatic carbocycles. The molecule has 3 rings (SSSR count). The Kier molecular flexibility index (Phi) is 7.21. The number of halogens is 3. The van der Waals surface area contributed by atoms with Crippen LogP contribution >= 0.6 is 11.3 Å². The van der Waals surface area contributed by atoms with Crippen LogP contribution in [-0.4, -0.2) is 55.0 Å². The number of hydrogen-bond acceptors (Lipinski definition) is 6. The molecule has 33 heavy (non-hydrogen) atoms. The summed E-state index contributed by atoms with van der Waals surface area (Å²) in [5.41, 5.74) is -0.552. The number of carbonyl (C=O) groups is 4. The lowest BCUT2D eigenvalue weighted by atomic mass is 10.1. The lowest BCUT2D eigenvalue weighted by Gasteiger charge is -2.34. The third-order valence-corrected chi connectivity index (χ3v) is 5.64. The van der Waals surface area contributed by atoms with Crippen LogP contribution in [0.1, 0.15) is 21.7 Å². The number of ether oxygens (including phenoxy) is 1. The Morgan fingerprint density at radius 1 is 1.18 bits per heavy atom. The van der Waals surface area contributed by atoms with Gasteiger partial charge in [-0.2, -0.15) is 13.2 Å². The van der Waals surface area contributed by atoms with Crippen LogP contribution < -0.4 is 16.0 Å². The molecule has 0 unspecified atom stereocenters. The summed E-state index contributed by atoms with van der Waals surface area (Å²) in [6.07, 6.45) is -4.91. The number of hydrogen-bond donors (Lipinski definition) is 3. The average Bonchev–Trinajstić information content (AvgIpc) is 3.22. The van der Waals surface area contributed by atoms with Crippen molar-refractivity contribution in [3.8, 4) is 0 Å². The van der Waals surface area contributed by atoms with Crippen LogP contribution in [0.3, 0.4) is 0 Å². The Labute approximate surface area is 189 Å². The monoisotopic (exact) mass is 484 g/mol. The van der Waals surface area contributed by atoms with Crippen LogP contribution in [0.5, 0.6) is 0 Å². The van der Waals surface area contributed by atoms with Gasteiger partial charge in [0.25, 0.3) is 0 Å². The molecule has 9 nitrogen and oxygen atoms in total. The minimum absolute atomic E-state index is 0.0853. The molecule has 0 spiro atoms. The highest BCUT2D eigenvalue weighted by molar-refractivity contribution is 7.12. The Morgan fingerprint density at radius 2 is 1.88 bits per heavy atom. The van der Waals surface area contributed by atoms with Crippen LogP contribution in [0.25, 0.3) is 0 Å². The van der Waals surface area contributed by atoms with Crippen molar-refractivity contribution in [2.75, 3.05) is 30.8 Å². The minimum atomic E-state index is -4.51. The predicted octanol–water partition coefficient (Wildman–Crippen LogP) is 2.91. The number of piperazine rings is 1. The van der Waals surface area contributed by atoms with Crippen molar-refractivity contribution in [2.24, 2.45) is 0 Å². The molecule has 4 amide bonds. The lowest BCUT2D eigenvalue weighted by Crippen LogP contribution is -2.59. The highest BCUT2D eigenvalue weighted by Crippen LogP contribution is 2.30. The Hall–Kier alpha value is -3.61. The Bertz CT molecular complexity index is 1050. The molecule has 1 fully saturated rings. The van der Waals surface area contributed by atoms with E-state index in [0.29, 0.717) is 0 Å². The number of alkyl halides is 3. The molecule has 1 aromatic heterocycles. The molecular weight excluding hydrogens is 465 g/mol. The fraction of sp³-hybridized carbons (Fsp3) is 0.300. The summed E-state index contributed by atoms with van der Waals surface area (Å²) in [5.74, 6) is -1.81. The zero-order valence-electron chi connectivity index (χ0n) is 17.2. The first-order valence-electron chi connectivity index (χ1n) is 9.58. The molecular formula is C20H19F3N4O5S. The summed E-state index contributed by atoms with van der Waals surface area (Å²) < 4.78 is 42.8. The highest BCUT2D eigenvalue weighted by atomic mass is 32.1. The summed E-state index contributed by atoms with van der Waals surface area (Å²) in [6, 6.07) is 3.44. The van der Waals surface area contributed by atoms with Crippen molar-refractivity contribution < 1.29 is 37.1 Å². The first kappa shape index (κ1) is 24.0. The van der Waals surface area contributed by atoms with Crippen molar-refractivity contribution in [2.45, 2.75) is 18.6 Å². The Morgan fingerprint density at radius 3 is 2.52 bits per heavy atom. The fourth-order valence-corrected chi connectivity index (χ4v) is 3.90. The molecule has 1 aromatic carbocycles. The molecule has 0 saturated carbocycles. The lowest BCUT2D eigenvalue weighted by molar-refractivity contribution is -0.137. The maximum Gasteiger partial charge on any atom is 0.416 e. The van der Waals surface area contributed by atoms with Crippen molar-refractivity contribution >= 4 is 46.5 Å². The van der Waals surface area contributed by atoms with Gasteiger partial charge in [0.15, 0.2) is 0 Å². The molecule has 3 N–H and O–H groups in total. The molecule has 0 radical (unpaired) electrons. The van der Waals surface area contributed by atoms with E-state index >= 15 is 0 Å². The van der Waals surface area contributed by atoms with Gasteiger partial charge in [-0.15, -0.1) is 11.3 Å². The smallest absolute Gasteiger partial charge is 0.416 e. The maximum atomic E-state index is 12.7. The van der Waals surface area contributed by atoms with E-state index in [1.807, 2.05) is 0 Å². The number of benzene rings is 1. The van der Waals surface area contributed by atoms with E-state index in [2.05, 4.69) is 20.7 Å². The van der Waals surface area contributed by atoms with E-state index in [1.54, 1.807) is 5.38 Å². The van der Waals surface area contributed by atoms with Gasteiger partial charge in [0.2, 0.25) is 11.8 Å². The van der Waals surface area contributed by atoms with Crippen molar-refractivity contribution in [3.63, 3.8) is 0 Å². The van der Waals surface area contributed by atoms with Crippen LogP contribution in [0.4, 0.5) is 29.3 Å². The van der Waals surface area contributed by atoms with E-state index in [0.717, 1.165) is 40.5 Å². The second-order valence-corrected chi connectivity index (χ2v) is 7.83. The molecule has 1 aliphatic rings. The van der Waals surface area contributed by atoms with Crippen LogP contribution in [0.15, 0.2) is 35.7 Å². The zero-order chi connectivity index (χ0) is 24.2. The first-order chi connectivity index (χ1) is 15.6. The largest absolute Gasteiger partial charge is 0.465 e. The summed E-state index contributed by atoms with van der Waals surface area (Å²) in [5, 5.41) is 9.12. The SMILES string of the molecule is COC(=O)c1sccc1NC(=O)C[C@@H]1C(=O)NCCN1C(=O)Nc1ccc(C(F)(F)F)cc1. The fourth-order valence-electron chi connectivity index (χ4n) is 3.13. The molecule has 1 atom stereocenters. The molecule has 2 heterocycles. The van der Waals surface area contributed by atoms with Gasteiger partial charge in [-0.3, -0.25) is 9.59 Å². The summed E-state index contributed by atoms with van der Waals surface area (Å²) >= 11 is 1.07. The van der Waals surface area contributed by atoms with Gasteiger partial charge < -0.3 is 25.6 Å². The van der Waals surface area contributed by atoms with E-state index in [9.17, 15) is 32.3 Å². The van der Waals surface area contributed by atoms with Crippen molar-refractivity contribution in [1.29, 1.82) is 0 Å². The quantitative estimate of drug-likeness (QED) is 0.565. The number of anilines is 2. The summed E-state index contributed by atoms with van der Waals surface area (Å²) in [4.78, 5) is 50.7. The number of amides is 4. The number of nitrogens with zero attached hydrogens (tertiary/aromatic N) is 1. The van der Waals surface area contributed by atoms with Gasteiger partial charge in [0, 0.05) is 18.8 Å². The molecule has 13 heteroatoms. The van der Waals surface area contributed by atoms with E-state index < -0.39 is 48.0 Å². The molecule has 1 aliphatic heterocycles. The maximum absolute atomic E-state index is 12.7. The van der Waals surface area contributed by atoms with Crippen LogP contribution in [0, 0.1) is 0 Å². The molecule has 0 bridgehead atoms. The second-order valence-electron chi connectivity index (χ2n) is 6.91. The van der Waals surface area contributed by atoms with Gasteiger partial charge in [-0.05, 0) is 35.7 Å². The minimum Gasteiger partial charge on any atom is -0.465 e. The van der Waals surface area contributed by atoms with E-state index in [4.69, 9.17) is 0 Å². The topological polar surface area (TPSA) is 117 Å². The third-order valence-electron chi connectivity index (χ3n) is 4.74. The number of carbonyl (C=O) groups excluding carboxylic acids is 4. The number of nitrogens with one attached hydrogen (secondary N) is 3. The van der Waals surface area contributed by atoms with Gasteiger partial charge in [-0.1, -0.05) is 0 Å². The number of urea groups is 1. The van der Waals surface area contributed by atoms with Crippen LogP contribution in [-0.2, 0) is 20.5 Å².